The molecule has 0 saturated heterocycles. The summed E-state index contributed by atoms with van der Waals surface area (Å²) in [7, 11) is 0. The van der Waals surface area contributed by atoms with Crippen molar-refractivity contribution in [3.63, 3.8) is 0 Å². The molecule has 0 saturated carbocycles. The van der Waals surface area contributed by atoms with Gasteiger partial charge in [0.15, 0.2) is 0 Å². The molecule has 0 aliphatic heterocycles. The number of nitrogens with zero attached hydrogens (tertiary/aromatic N) is 2. The van der Waals surface area contributed by atoms with Crippen LogP contribution in [0.25, 0.3) is 5.69 Å². The van der Waals surface area contributed by atoms with Crippen LogP contribution in [0.4, 0.5) is 0 Å². The van der Waals surface area contributed by atoms with E-state index in [2.05, 4.69) is 5.10 Å². The molecule has 0 amide bonds. The van der Waals surface area contributed by atoms with Gasteiger partial charge in [-0.2, -0.15) is 5.10 Å². The number of para-hydroxylation sites is 1. The summed E-state index contributed by atoms with van der Waals surface area (Å²) in [6, 6.07) is 11.8. The van der Waals surface area contributed by atoms with E-state index in [9.17, 15) is 5.11 Å². The summed E-state index contributed by atoms with van der Waals surface area (Å²) >= 11 is 0. The molecule has 3 nitrogen and oxygen atoms in total. The van der Waals surface area contributed by atoms with Crippen LogP contribution in [0.5, 0.6) is 0 Å². The van der Waals surface area contributed by atoms with Gasteiger partial charge in [-0.3, -0.25) is 0 Å². The molecule has 1 aromatic carbocycles. The third kappa shape index (κ3) is 2.11. The second kappa shape index (κ2) is 4.72. The maximum atomic E-state index is 10.6. The second-order valence-electron chi connectivity index (χ2n) is 4.20. The van der Waals surface area contributed by atoms with Gasteiger partial charge in [0, 0.05) is 6.20 Å². The standard InChI is InChI=1S/C14H18N2O/c1-3-14(17,4-2)13-10-11-15-16(13)12-8-6-5-7-9-12/h5-11,17H,3-4H2,1-2H3. The Labute approximate surface area is 102 Å². The Hall–Kier alpha value is -1.61. The fourth-order valence-corrected chi connectivity index (χ4v) is 2.04. The summed E-state index contributed by atoms with van der Waals surface area (Å²) in [4.78, 5) is 0. The van der Waals surface area contributed by atoms with E-state index in [1.165, 1.54) is 0 Å². The molecule has 1 heterocycles. The Morgan fingerprint density at radius 3 is 2.35 bits per heavy atom. The minimum absolute atomic E-state index is 0.683. The fourth-order valence-electron chi connectivity index (χ4n) is 2.04. The average molecular weight is 230 g/mol. The predicted molar refractivity (Wildman–Crippen MR) is 68.0 cm³/mol. The molecule has 0 fully saturated rings. The van der Waals surface area contributed by atoms with Gasteiger partial charge in [-0.25, -0.2) is 4.68 Å². The highest BCUT2D eigenvalue weighted by atomic mass is 16.3. The Kier molecular flexibility index (Phi) is 3.29. The zero-order chi connectivity index (χ0) is 12.3. The molecule has 0 spiro atoms. The number of aliphatic hydroxyl groups is 1. The van der Waals surface area contributed by atoms with E-state index in [4.69, 9.17) is 0 Å². The van der Waals surface area contributed by atoms with Gasteiger partial charge in [-0.15, -0.1) is 0 Å². The predicted octanol–water partition coefficient (Wildman–Crippen LogP) is 2.88. The Morgan fingerprint density at radius 1 is 1.12 bits per heavy atom. The van der Waals surface area contributed by atoms with E-state index in [-0.39, 0.29) is 0 Å². The highest BCUT2D eigenvalue weighted by Gasteiger charge is 2.28. The van der Waals surface area contributed by atoms with E-state index in [0.717, 1.165) is 11.4 Å². The minimum atomic E-state index is -0.799. The van der Waals surface area contributed by atoms with Gasteiger partial charge >= 0.3 is 0 Å². The summed E-state index contributed by atoms with van der Waals surface area (Å²) in [5.74, 6) is 0. The molecule has 0 radical (unpaired) electrons. The topological polar surface area (TPSA) is 38.1 Å². The number of rotatable bonds is 4. The van der Waals surface area contributed by atoms with Gasteiger partial charge < -0.3 is 5.11 Å². The zero-order valence-electron chi connectivity index (χ0n) is 10.3. The quantitative estimate of drug-likeness (QED) is 0.877. The summed E-state index contributed by atoms with van der Waals surface area (Å²) in [5, 5.41) is 14.9. The first-order valence-electron chi connectivity index (χ1n) is 6.03. The lowest BCUT2D eigenvalue weighted by molar-refractivity contribution is 0.0216. The average Bonchev–Trinajstić information content (AvgIpc) is 2.88. The van der Waals surface area contributed by atoms with Crippen LogP contribution in [-0.4, -0.2) is 14.9 Å². The minimum Gasteiger partial charge on any atom is -0.384 e. The summed E-state index contributed by atoms with van der Waals surface area (Å²) in [5.41, 5.74) is 1.04. The van der Waals surface area contributed by atoms with Crippen molar-refractivity contribution in [3.8, 4) is 5.69 Å². The summed E-state index contributed by atoms with van der Waals surface area (Å²) in [6.45, 7) is 3.98. The van der Waals surface area contributed by atoms with Crippen LogP contribution < -0.4 is 0 Å². The van der Waals surface area contributed by atoms with Crippen molar-refractivity contribution >= 4 is 0 Å². The molecule has 0 aliphatic carbocycles. The van der Waals surface area contributed by atoms with Gasteiger partial charge in [0.05, 0.1) is 11.4 Å². The van der Waals surface area contributed by atoms with Crippen molar-refractivity contribution < 1.29 is 5.11 Å². The van der Waals surface area contributed by atoms with Crippen LogP contribution in [-0.2, 0) is 5.60 Å². The molecule has 0 unspecified atom stereocenters. The lowest BCUT2D eigenvalue weighted by Crippen LogP contribution is -2.27. The molecule has 17 heavy (non-hydrogen) atoms. The maximum Gasteiger partial charge on any atom is 0.106 e. The first-order valence-corrected chi connectivity index (χ1v) is 6.03. The molecule has 3 heteroatoms. The monoisotopic (exact) mass is 230 g/mol. The van der Waals surface area contributed by atoms with E-state index in [0.29, 0.717) is 12.8 Å². The molecule has 0 aliphatic rings. The van der Waals surface area contributed by atoms with Crippen LogP contribution in [0.3, 0.4) is 0 Å². The third-order valence-electron chi connectivity index (χ3n) is 3.29. The second-order valence-corrected chi connectivity index (χ2v) is 4.20. The van der Waals surface area contributed by atoms with Gasteiger partial charge in [0.2, 0.25) is 0 Å². The lowest BCUT2D eigenvalue weighted by atomic mass is 9.93. The SMILES string of the molecule is CCC(O)(CC)c1ccnn1-c1ccccc1. The van der Waals surface area contributed by atoms with Crippen molar-refractivity contribution in [3.05, 3.63) is 48.3 Å². The van der Waals surface area contributed by atoms with E-state index < -0.39 is 5.60 Å². The van der Waals surface area contributed by atoms with Gasteiger partial charge in [-0.05, 0) is 31.0 Å². The molecule has 90 valence electrons. The van der Waals surface area contributed by atoms with E-state index in [1.807, 2.05) is 54.9 Å². The van der Waals surface area contributed by atoms with Crippen molar-refractivity contribution in [2.24, 2.45) is 0 Å². The van der Waals surface area contributed by atoms with Crippen LogP contribution >= 0.6 is 0 Å². The Balaban J connectivity index is 2.49. The fraction of sp³-hybridized carbons (Fsp3) is 0.357. The van der Waals surface area contributed by atoms with Crippen LogP contribution in [0.1, 0.15) is 32.4 Å². The molecular weight excluding hydrogens is 212 g/mol. The van der Waals surface area contributed by atoms with Gasteiger partial charge in [-0.1, -0.05) is 32.0 Å². The first kappa shape index (κ1) is 11.9. The number of hydrogen-bond donors (Lipinski definition) is 1. The molecule has 1 N–H and O–H groups in total. The number of hydrogen-bond acceptors (Lipinski definition) is 2. The van der Waals surface area contributed by atoms with Crippen LogP contribution in [0.15, 0.2) is 42.6 Å². The summed E-state index contributed by atoms with van der Waals surface area (Å²) in [6.07, 6.45) is 3.10. The highest BCUT2D eigenvalue weighted by Crippen LogP contribution is 2.29. The normalized spacial score (nSPS) is 11.7. The smallest absolute Gasteiger partial charge is 0.106 e. The Morgan fingerprint density at radius 2 is 1.76 bits per heavy atom. The van der Waals surface area contributed by atoms with Gasteiger partial charge in [0.1, 0.15) is 5.60 Å². The third-order valence-corrected chi connectivity index (χ3v) is 3.29. The first-order chi connectivity index (χ1) is 8.21. The zero-order valence-corrected chi connectivity index (χ0v) is 10.3. The molecule has 2 rings (SSSR count). The maximum absolute atomic E-state index is 10.6. The van der Waals surface area contributed by atoms with E-state index in [1.54, 1.807) is 6.20 Å². The van der Waals surface area contributed by atoms with E-state index >= 15 is 0 Å². The number of benzene rings is 1. The van der Waals surface area contributed by atoms with Crippen LogP contribution in [0.2, 0.25) is 0 Å². The van der Waals surface area contributed by atoms with Crippen molar-refractivity contribution in [2.75, 3.05) is 0 Å². The Bertz CT molecular complexity index is 472. The molecule has 1 aromatic heterocycles. The molecule has 2 aromatic rings. The molecule has 0 atom stereocenters. The summed E-state index contributed by atoms with van der Waals surface area (Å²) < 4.78 is 1.81. The number of aromatic nitrogens is 2. The van der Waals surface area contributed by atoms with Crippen LogP contribution in [0, 0.1) is 0 Å². The largest absolute Gasteiger partial charge is 0.384 e. The van der Waals surface area contributed by atoms with Gasteiger partial charge in [0.25, 0.3) is 0 Å². The van der Waals surface area contributed by atoms with Crippen molar-refractivity contribution in [2.45, 2.75) is 32.3 Å². The molecule has 0 bridgehead atoms. The van der Waals surface area contributed by atoms with Crippen molar-refractivity contribution in [1.82, 2.24) is 9.78 Å². The highest BCUT2D eigenvalue weighted by molar-refractivity contribution is 5.33. The van der Waals surface area contributed by atoms with Crippen molar-refractivity contribution in [1.29, 1.82) is 0 Å². The lowest BCUT2D eigenvalue weighted by Gasteiger charge is -2.26. The molecular formula is C14H18N2O.